The van der Waals surface area contributed by atoms with Crippen molar-refractivity contribution >= 4 is 43.3 Å². The van der Waals surface area contributed by atoms with Crippen LogP contribution in [0.15, 0.2) is 84.9 Å². The van der Waals surface area contributed by atoms with Crippen LogP contribution in [0.3, 0.4) is 0 Å². The quantitative estimate of drug-likeness (QED) is 0.282. The minimum Gasteiger partial charge on any atom is -0.426 e. The molecule has 4 aromatic carbocycles. The largest absolute Gasteiger partial charge is 0.426 e. The van der Waals surface area contributed by atoms with Gasteiger partial charge in [0.1, 0.15) is 11.5 Å². The second kappa shape index (κ2) is 9.50. The second-order valence-corrected chi connectivity index (χ2v) is 11.1. The summed E-state index contributed by atoms with van der Waals surface area (Å²) in [7, 11) is -3.37. The number of hydrogen-bond donors (Lipinski definition) is 0. The van der Waals surface area contributed by atoms with Crippen molar-refractivity contribution in [2.45, 2.75) is 12.8 Å². The van der Waals surface area contributed by atoms with Gasteiger partial charge >= 0.3 is 11.9 Å². The zero-order valence-corrected chi connectivity index (χ0v) is 19.7. The third kappa shape index (κ3) is 5.20. The first-order chi connectivity index (χ1) is 16.9. The van der Waals surface area contributed by atoms with Crippen LogP contribution in [0.25, 0.3) is 21.5 Å². The molecule has 6 nitrogen and oxygen atoms in total. The highest BCUT2D eigenvalue weighted by Crippen LogP contribution is 2.33. The van der Waals surface area contributed by atoms with Gasteiger partial charge in [-0.3, -0.25) is 9.59 Å². The number of ether oxygens (including phenoxy) is 2. The number of esters is 2. The molecular weight excluding hydrogens is 464 g/mol. The van der Waals surface area contributed by atoms with E-state index in [9.17, 15) is 18.0 Å². The molecular formula is C28H24O6S. The molecule has 0 aliphatic carbocycles. The minimum absolute atomic E-state index is 0.0886. The lowest BCUT2D eigenvalue weighted by molar-refractivity contribution is -0.138. The van der Waals surface area contributed by atoms with Crippen LogP contribution < -0.4 is 9.47 Å². The topological polar surface area (TPSA) is 86.7 Å². The van der Waals surface area contributed by atoms with E-state index in [4.69, 9.17) is 9.47 Å². The van der Waals surface area contributed by atoms with Crippen molar-refractivity contribution < 1.29 is 27.5 Å². The summed E-state index contributed by atoms with van der Waals surface area (Å²) < 4.78 is 36.0. The molecule has 0 amide bonds. The minimum atomic E-state index is -3.37. The van der Waals surface area contributed by atoms with Crippen LogP contribution in [0, 0.1) is 11.8 Å². The van der Waals surface area contributed by atoms with E-state index < -0.39 is 33.6 Å². The molecule has 4 aromatic rings. The summed E-state index contributed by atoms with van der Waals surface area (Å²) in [6.07, 6.45) is -0.177. The van der Waals surface area contributed by atoms with Crippen molar-refractivity contribution in [1.82, 2.24) is 0 Å². The first kappa shape index (κ1) is 23.1. The highest BCUT2D eigenvalue weighted by Gasteiger charge is 2.40. The molecule has 5 rings (SSSR count). The van der Waals surface area contributed by atoms with Crippen molar-refractivity contribution in [2.75, 3.05) is 11.5 Å². The van der Waals surface area contributed by atoms with Gasteiger partial charge in [-0.2, -0.15) is 0 Å². The summed E-state index contributed by atoms with van der Waals surface area (Å²) in [5, 5.41) is 3.49. The number of fused-ring (bicyclic) bond motifs is 2. The summed E-state index contributed by atoms with van der Waals surface area (Å²) in [6.45, 7) is 0. The Morgan fingerprint density at radius 2 is 1.03 bits per heavy atom. The average molecular weight is 489 g/mol. The van der Waals surface area contributed by atoms with Crippen molar-refractivity contribution in [3.05, 3.63) is 84.9 Å². The molecule has 35 heavy (non-hydrogen) atoms. The lowest BCUT2D eigenvalue weighted by Crippen LogP contribution is -2.23. The van der Waals surface area contributed by atoms with Crippen molar-refractivity contribution in [3.63, 3.8) is 0 Å². The van der Waals surface area contributed by atoms with Crippen LogP contribution in [-0.4, -0.2) is 31.9 Å². The zero-order valence-electron chi connectivity index (χ0n) is 18.9. The number of hydrogen-bond acceptors (Lipinski definition) is 6. The van der Waals surface area contributed by atoms with Crippen LogP contribution in [0.1, 0.15) is 12.8 Å². The van der Waals surface area contributed by atoms with E-state index in [0.717, 1.165) is 21.5 Å². The van der Waals surface area contributed by atoms with E-state index in [2.05, 4.69) is 0 Å². The van der Waals surface area contributed by atoms with E-state index >= 15 is 0 Å². The second-order valence-electron chi connectivity index (χ2n) is 8.91. The van der Waals surface area contributed by atoms with E-state index in [0.29, 0.717) is 11.5 Å². The first-order valence-electron chi connectivity index (χ1n) is 11.5. The van der Waals surface area contributed by atoms with Gasteiger partial charge in [0.25, 0.3) is 0 Å². The maximum Gasteiger partial charge on any atom is 0.311 e. The fourth-order valence-corrected chi connectivity index (χ4v) is 6.99. The first-order valence-corrected chi connectivity index (χ1v) is 13.3. The van der Waals surface area contributed by atoms with E-state index in [-0.39, 0.29) is 24.3 Å². The smallest absolute Gasteiger partial charge is 0.311 e. The predicted molar refractivity (Wildman–Crippen MR) is 134 cm³/mol. The number of benzene rings is 4. The molecule has 0 unspecified atom stereocenters. The van der Waals surface area contributed by atoms with Crippen molar-refractivity contribution in [1.29, 1.82) is 0 Å². The Morgan fingerprint density at radius 1 is 0.629 bits per heavy atom. The van der Waals surface area contributed by atoms with Crippen LogP contribution in [-0.2, 0) is 19.4 Å². The van der Waals surface area contributed by atoms with Gasteiger partial charge in [0, 0.05) is 10.8 Å². The Morgan fingerprint density at radius 3 is 1.49 bits per heavy atom. The molecule has 1 aliphatic rings. The monoisotopic (exact) mass is 488 g/mol. The molecule has 1 aliphatic heterocycles. The molecule has 0 spiro atoms. The highest BCUT2D eigenvalue weighted by molar-refractivity contribution is 7.91. The van der Waals surface area contributed by atoms with Gasteiger partial charge in [-0.15, -0.1) is 0 Å². The van der Waals surface area contributed by atoms with E-state index in [1.165, 1.54) is 0 Å². The molecule has 1 fully saturated rings. The van der Waals surface area contributed by atoms with Gasteiger partial charge in [-0.25, -0.2) is 8.42 Å². The molecule has 1 saturated heterocycles. The third-order valence-corrected chi connectivity index (χ3v) is 8.28. The number of sulfone groups is 1. The SMILES string of the molecule is O=C(C[C@@H]1CS(=O)(=O)C[C@@H]1CC(=O)Oc1cccc2ccccc12)Oc1cccc2ccccc12. The Hall–Kier alpha value is -3.71. The van der Waals surface area contributed by atoms with Crippen LogP contribution in [0.2, 0.25) is 0 Å². The summed E-state index contributed by atoms with van der Waals surface area (Å²) >= 11 is 0. The summed E-state index contributed by atoms with van der Waals surface area (Å²) in [5.74, 6) is -1.49. The summed E-state index contributed by atoms with van der Waals surface area (Å²) in [5.41, 5.74) is 0. The Bertz CT molecular complexity index is 1410. The Labute approximate surface area is 203 Å². The van der Waals surface area contributed by atoms with Crippen LogP contribution >= 0.6 is 0 Å². The number of carbonyl (C=O) groups excluding carboxylic acids is 2. The number of rotatable bonds is 6. The summed E-state index contributed by atoms with van der Waals surface area (Å²) in [6, 6.07) is 26.0. The van der Waals surface area contributed by atoms with Gasteiger partial charge in [0.2, 0.25) is 0 Å². The fraction of sp³-hybridized carbons (Fsp3) is 0.214. The average Bonchev–Trinajstić information content (AvgIpc) is 3.11. The normalized spacial score (nSPS) is 19.0. The number of carbonyl (C=O) groups is 2. The molecule has 0 N–H and O–H groups in total. The molecule has 0 radical (unpaired) electrons. The van der Waals surface area contributed by atoms with Crippen molar-refractivity contribution in [3.8, 4) is 11.5 Å². The third-order valence-electron chi connectivity index (χ3n) is 6.41. The molecule has 0 aromatic heterocycles. The van der Waals surface area contributed by atoms with Crippen LogP contribution in [0.5, 0.6) is 11.5 Å². The van der Waals surface area contributed by atoms with E-state index in [1.807, 2.05) is 60.7 Å². The maximum absolute atomic E-state index is 12.8. The lowest BCUT2D eigenvalue weighted by atomic mass is 9.90. The predicted octanol–water partition coefficient (Wildman–Crippen LogP) is 4.95. The molecule has 178 valence electrons. The Kier molecular flexibility index (Phi) is 6.26. The lowest BCUT2D eigenvalue weighted by Gasteiger charge is -2.17. The van der Waals surface area contributed by atoms with Crippen molar-refractivity contribution in [2.24, 2.45) is 11.8 Å². The van der Waals surface area contributed by atoms with Gasteiger partial charge in [0.15, 0.2) is 9.84 Å². The molecule has 2 atom stereocenters. The standard InChI is InChI=1S/C28H24O6S/c29-27(33-25-13-5-9-19-7-1-3-11-23(19)25)15-21-17-35(31,32)18-22(21)16-28(30)34-26-14-6-10-20-8-2-4-12-24(20)26/h1-14,21-22H,15-18H2/t21-,22+. The summed E-state index contributed by atoms with van der Waals surface area (Å²) in [4.78, 5) is 25.5. The van der Waals surface area contributed by atoms with E-state index in [1.54, 1.807) is 24.3 Å². The molecule has 0 bridgehead atoms. The van der Waals surface area contributed by atoms with Gasteiger partial charge in [0.05, 0.1) is 24.3 Å². The van der Waals surface area contributed by atoms with Gasteiger partial charge in [-0.05, 0) is 34.7 Å². The fourth-order valence-electron chi connectivity index (χ4n) is 4.77. The van der Waals surface area contributed by atoms with Gasteiger partial charge < -0.3 is 9.47 Å². The zero-order chi connectivity index (χ0) is 24.4. The highest BCUT2D eigenvalue weighted by atomic mass is 32.2. The molecule has 0 saturated carbocycles. The Balaban J connectivity index is 1.28. The van der Waals surface area contributed by atoms with Crippen LogP contribution in [0.4, 0.5) is 0 Å². The maximum atomic E-state index is 12.8. The molecule has 1 heterocycles. The molecule has 7 heteroatoms. The van der Waals surface area contributed by atoms with Gasteiger partial charge in [-0.1, -0.05) is 72.8 Å².